The number of benzene rings is 1. The average molecular weight is 278 g/mol. The molecule has 0 fully saturated rings. The Morgan fingerprint density at radius 3 is 2.47 bits per heavy atom. The predicted octanol–water partition coefficient (Wildman–Crippen LogP) is 3.79. The maximum atomic E-state index is 5.19. The van der Waals surface area contributed by atoms with Crippen LogP contribution in [0.4, 0.5) is 5.69 Å². The lowest BCUT2D eigenvalue weighted by Gasteiger charge is -2.34. The van der Waals surface area contributed by atoms with Gasteiger partial charge in [0.05, 0.1) is 12.6 Å². The molecule has 1 aliphatic rings. The number of anilines is 1. The Morgan fingerprint density at radius 1 is 1.32 bits per heavy atom. The number of aliphatic imine (C=N–C) groups is 1. The van der Waals surface area contributed by atoms with Crippen molar-refractivity contribution in [3.8, 4) is 5.75 Å². The molecule has 4 heteroatoms. The van der Waals surface area contributed by atoms with Crippen LogP contribution in [-0.4, -0.2) is 30.1 Å². The quantitative estimate of drug-likeness (QED) is 0.822. The summed E-state index contributed by atoms with van der Waals surface area (Å²) >= 11 is 1.85. The summed E-state index contributed by atoms with van der Waals surface area (Å²) < 4.78 is 5.19. The summed E-state index contributed by atoms with van der Waals surface area (Å²) in [6.07, 6.45) is 1.12. The molecular weight excluding hydrogens is 256 g/mol. The van der Waals surface area contributed by atoms with Crippen molar-refractivity contribution in [2.24, 2.45) is 4.99 Å². The molecule has 3 nitrogen and oxygen atoms in total. The zero-order chi connectivity index (χ0) is 14.0. The van der Waals surface area contributed by atoms with Crippen LogP contribution in [0.5, 0.6) is 5.75 Å². The fourth-order valence-electron chi connectivity index (χ4n) is 2.33. The van der Waals surface area contributed by atoms with Gasteiger partial charge in [0.1, 0.15) is 5.75 Å². The number of amidine groups is 1. The second kappa shape index (κ2) is 5.45. The third kappa shape index (κ3) is 3.44. The Bertz CT molecular complexity index is 468. The third-order valence-electron chi connectivity index (χ3n) is 3.24. The monoisotopic (exact) mass is 278 g/mol. The lowest BCUT2D eigenvalue weighted by molar-refractivity contribution is 0.415. The minimum absolute atomic E-state index is 0.0285. The molecule has 0 bridgehead atoms. The SMILES string of the molecule is COc1ccc(N(C)C2=NC(C)(C)CC(C)S2)cc1. The average Bonchev–Trinajstić information content (AvgIpc) is 2.35. The molecule has 19 heavy (non-hydrogen) atoms. The van der Waals surface area contributed by atoms with Crippen molar-refractivity contribution < 1.29 is 4.74 Å². The van der Waals surface area contributed by atoms with Gasteiger partial charge in [-0.2, -0.15) is 0 Å². The standard InChI is InChI=1S/C15H22N2OS/c1-11-10-15(2,3)16-14(19-11)17(4)12-6-8-13(18-5)9-7-12/h6-9,11H,10H2,1-5H3. The van der Waals surface area contributed by atoms with E-state index < -0.39 is 0 Å². The molecule has 1 unspecified atom stereocenters. The molecule has 1 aromatic rings. The second-order valence-electron chi connectivity index (χ2n) is 5.60. The fourth-order valence-corrected chi connectivity index (χ4v) is 3.74. The largest absolute Gasteiger partial charge is 0.497 e. The van der Waals surface area contributed by atoms with E-state index in [0.717, 1.165) is 23.0 Å². The zero-order valence-corrected chi connectivity index (χ0v) is 13.1. The molecule has 1 heterocycles. The first-order valence-corrected chi connectivity index (χ1v) is 7.43. The minimum atomic E-state index is 0.0285. The Morgan fingerprint density at radius 2 is 1.95 bits per heavy atom. The van der Waals surface area contributed by atoms with Crippen LogP contribution >= 0.6 is 11.8 Å². The summed E-state index contributed by atoms with van der Waals surface area (Å²) in [6, 6.07) is 8.09. The maximum absolute atomic E-state index is 5.19. The van der Waals surface area contributed by atoms with Crippen LogP contribution in [0.2, 0.25) is 0 Å². The summed E-state index contributed by atoms with van der Waals surface area (Å²) in [5.74, 6) is 0.879. The first-order valence-electron chi connectivity index (χ1n) is 6.55. The molecule has 2 rings (SSSR count). The first-order chi connectivity index (χ1) is 8.91. The molecule has 1 aromatic carbocycles. The Kier molecular flexibility index (Phi) is 4.09. The van der Waals surface area contributed by atoms with E-state index >= 15 is 0 Å². The molecule has 0 radical (unpaired) electrons. The summed E-state index contributed by atoms with van der Waals surface area (Å²) in [6.45, 7) is 6.67. The Hall–Kier alpha value is -1.16. The topological polar surface area (TPSA) is 24.8 Å². The Labute approximate surface area is 120 Å². The maximum Gasteiger partial charge on any atom is 0.164 e. The molecule has 0 aromatic heterocycles. The van der Waals surface area contributed by atoms with Gasteiger partial charge in [-0.3, -0.25) is 4.99 Å². The molecule has 0 amide bonds. The van der Waals surface area contributed by atoms with E-state index in [1.807, 2.05) is 23.9 Å². The smallest absolute Gasteiger partial charge is 0.164 e. The lowest BCUT2D eigenvalue weighted by atomic mass is 10.00. The molecule has 1 atom stereocenters. The summed E-state index contributed by atoms with van der Waals surface area (Å²) in [5, 5.41) is 1.69. The van der Waals surface area contributed by atoms with Gasteiger partial charge in [-0.15, -0.1) is 0 Å². The van der Waals surface area contributed by atoms with Gasteiger partial charge in [0.25, 0.3) is 0 Å². The van der Waals surface area contributed by atoms with E-state index in [1.165, 1.54) is 0 Å². The van der Waals surface area contributed by atoms with E-state index in [4.69, 9.17) is 9.73 Å². The number of thioether (sulfide) groups is 1. The van der Waals surface area contributed by atoms with Gasteiger partial charge in [-0.05, 0) is 44.5 Å². The van der Waals surface area contributed by atoms with Crippen molar-refractivity contribution in [3.63, 3.8) is 0 Å². The predicted molar refractivity (Wildman–Crippen MR) is 84.6 cm³/mol. The molecule has 104 valence electrons. The van der Waals surface area contributed by atoms with Gasteiger partial charge < -0.3 is 9.64 Å². The summed E-state index contributed by atoms with van der Waals surface area (Å²) in [4.78, 5) is 7.01. The van der Waals surface area contributed by atoms with Gasteiger partial charge in [0, 0.05) is 18.0 Å². The molecule has 0 saturated carbocycles. The minimum Gasteiger partial charge on any atom is -0.497 e. The zero-order valence-electron chi connectivity index (χ0n) is 12.3. The highest BCUT2D eigenvalue weighted by Crippen LogP contribution is 2.34. The van der Waals surface area contributed by atoms with E-state index in [0.29, 0.717) is 5.25 Å². The van der Waals surface area contributed by atoms with E-state index in [1.54, 1.807) is 7.11 Å². The van der Waals surface area contributed by atoms with Crippen LogP contribution < -0.4 is 9.64 Å². The van der Waals surface area contributed by atoms with Crippen molar-refractivity contribution in [2.75, 3.05) is 19.1 Å². The molecular formula is C15H22N2OS. The van der Waals surface area contributed by atoms with E-state index in [9.17, 15) is 0 Å². The van der Waals surface area contributed by atoms with Crippen LogP contribution in [0.3, 0.4) is 0 Å². The number of rotatable bonds is 2. The molecule has 0 aliphatic carbocycles. The van der Waals surface area contributed by atoms with Crippen molar-refractivity contribution in [1.82, 2.24) is 0 Å². The number of methoxy groups -OCH3 is 1. The van der Waals surface area contributed by atoms with Gasteiger partial charge in [0.15, 0.2) is 5.17 Å². The fraction of sp³-hybridized carbons (Fsp3) is 0.533. The summed E-state index contributed by atoms with van der Waals surface area (Å²) in [7, 11) is 3.76. The van der Waals surface area contributed by atoms with Crippen LogP contribution in [0.1, 0.15) is 27.2 Å². The lowest BCUT2D eigenvalue weighted by Crippen LogP contribution is -2.35. The molecule has 0 saturated heterocycles. The number of hydrogen-bond donors (Lipinski definition) is 0. The Balaban J connectivity index is 2.22. The molecule has 0 N–H and O–H groups in total. The number of nitrogens with zero attached hydrogens (tertiary/aromatic N) is 2. The summed E-state index contributed by atoms with van der Waals surface area (Å²) in [5.41, 5.74) is 1.16. The van der Waals surface area contributed by atoms with Crippen molar-refractivity contribution in [1.29, 1.82) is 0 Å². The van der Waals surface area contributed by atoms with Crippen LogP contribution in [0.15, 0.2) is 29.3 Å². The van der Waals surface area contributed by atoms with Gasteiger partial charge in [-0.1, -0.05) is 18.7 Å². The number of hydrogen-bond acceptors (Lipinski definition) is 4. The first kappa shape index (κ1) is 14.3. The van der Waals surface area contributed by atoms with E-state index in [-0.39, 0.29) is 5.54 Å². The van der Waals surface area contributed by atoms with Crippen LogP contribution in [-0.2, 0) is 0 Å². The van der Waals surface area contributed by atoms with Crippen LogP contribution in [0.25, 0.3) is 0 Å². The van der Waals surface area contributed by atoms with Gasteiger partial charge >= 0.3 is 0 Å². The number of ether oxygens (including phenoxy) is 1. The third-order valence-corrected chi connectivity index (χ3v) is 4.38. The second-order valence-corrected chi connectivity index (χ2v) is 7.00. The molecule has 1 aliphatic heterocycles. The van der Waals surface area contributed by atoms with Crippen LogP contribution in [0, 0.1) is 0 Å². The highest BCUT2D eigenvalue weighted by molar-refractivity contribution is 8.14. The van der Waals surface area contributed by atoms with Gasteiger partial charge in [0.2, 0.25) is 0 Å². The van der Waals surface area contributed by atoms with Crippen molar-refractivity contribution >= 4 is 22.6 Å². The van der Waals surface area contributed by atoms with E-state index in [2.05, 4.69) is 44.9 Å². The van der Waals surface area contributed by atoms with Crippen molar-refractivity contribution in [2.45, 2.75) is 38.0 Å². The van der Waals surface area contributed by atoms with Gasteiger partial charge in [-0.25, -0.2) is 0 Å². The molecule has 0 spiro atoms. The van der Waals surface area contributed by atoms with Crippen molar-refractivity contribution in [3.05, 3.63) is 24.3 Å². The highest BCUT2D eigenvalue weighted by Gasteiger charge is 2.29. The normalized spacial score (nSPS) is 21.7. The highest BCUT2D eigenvalue weighted by atomic mass is 32.2.